The molecule has 0 saturated heterocycles. The van der Waals surface area contributed by atoms with Crippen LogP contribution in [0, 0.1) is 11.6 Å². The summed E-state index contributed by atoms with van der Waals surface area (Å²) >= 11 is 0. The molecule has 1 aliphatic rings. The summed E-state index contributed by atoms with van der Waals surface area (Å²) in [5.74, 6) is -1.74. The maximum Gasteiger partial charge on any atom is 0.419 e. The number of hydrogen-bond donors (Lipinski definition) is 0. The molecule has 0 fully saturated rings. The van der Waals surface area contributed by atoms with E-state index >= 15 is 0 Å². The van der Waals surface area contributed by atoms with Crippen molar-refractivity contribution >= 4 is 14.5 Å². The lowest BCUT2D eigenvalue weighted by Crippen LogP contribution is -2.35. The van der Waals surface area contributed by atoms with E-state index in [1.165, 1.54) is 12.1 Å². The summed E-state index contributed by atoms with van der Waals surface area (Å²) in [7, 11) is -1.74. The molecule has 0 aliphatic carbocycles. The average molecular weight is 634 g/mol. The normalized spacial score (nSPS) is 17.7. The lowest BCUT2D eigenvalue weighted by atomic mass is 9.93. The summed E-state index contributed by atoms with van der Waals surface area (Å²) in [5, 5.41) is 0. The maximum atomic E-state index is 14.0. The summed E-state index contributed by atoms with van der Waals surface area (Å²) in [5.41, 5.74) is -1.76. The van der Waals surface area contributed by atoms with Crippen molar-refractivity contribution in [3.8, 4) is 5.75 Å². The predicted molar refractivity (Wildman–Crippen MR) is 156 cm³/mol. The first-order valence-electron chi connectivity index (χ1n) is 14.1. The summed E-state index contributed by atoms with van der Waals surface area (Å²) in [4.78, 5) is 4.65. The summed E-state index contributed by atoms with van der Waals surface area (Å²) in [6.45, 7) is 13.4. The Morgan fingerprint density at radius 2 is 1.51 bits per heavy atom. The van der Waals surface area contributed by atoms with Gasteiger partial charge in [-0.2, -0.15) is 13.2 Å². The van der Waals surface area contributed by atoms with Gasteiger partial charge in [0.05, 0.1) is 30.0 Å². The quantitative estimate of drug-likeness (QED) is 0.125. The lowest BCUT2D eigenvalue weighted by molar-refractivity contribution is -0.139. The first-order chi connectivity index (χ1) is 19.8. The molecular weight excluding hydrogens is 592 g/mol. The third-order valence-corrected chi connectivity index (χ3v) is 7.89. The molecule has 12 heteroatoms. The first-order valence-corrected chi connectivity index (χ1v) is 15.2. The molecule has 0 aromatic heterocycles. The number of halogens is 5. The van der Waals surface area contributed by atoms with Gasteiger partial charge in [0.25, 0.3) is 0 Å². The van der Waals surface area contributed by atoms with E-state index in [2.05, 4.69) is 4.99 Å². The van der Waals surface area contributed by atoms with E-state index in [4.69, 9.17) is 23.0 Å². The van der Waals surface area contributed by atoms with Gasteiger partial charge in [0.2, 0.25) is 0 Å². The molecule has 6 nitrogen and oxygen atoms in total. The number of hydrogen-bond acceptors (Lipinski definition) is 6. The largest absolute Gasteiger partial charge is 0.493 e. The van der Waals surface area contributed by atoms with Crippen molar-refractivity contribution in [3.05, 3.63) is 64.7 Å². The van der Waals surface area contributed by atoms with Crippen molar-refractivity contribution in [3.63, 3.8) is 0 Å². The van der Waals surface area contributed by atoms with Crippen molar-refractivity contribution < 1.29 is 45.0 Å². The van der Waals surface area contributed by atoms with Gasteiger partial charge in [-0.3, -0.25) is 0 Å². The lowest BCUT2D eigenvalue weighted by Gasteiger charge is -2.32. The number of nitrogens with zero attached hydrogens (tertiary/aromatic N) is 1. The van der Waals surface area contributed by atoms with E-state index in [0.29, 0.717) is 36.3 Å². The van der Waals surface area contributed by atoms with Crippen LogP contribution in [0.1, 0.15) is 78.0 Å². The fourth-order valence-electron chi connectivity index (χ4n) is 4.21. The number of aryl methyl sites for hydroxylation is 2. The number of alkyl halides is 3. The zero-order valence-corrected chi connectivity index (χ0v) is 26.6. The van der Waals surface area contributed by atoms with Crippen LogP contribution in [-0.4, -0.2) is 42.5 Å². The third-order valence-electron chi connectivity index (χ3n) is 6.16. The minimum Gasteiger partial charge on any atom is -0.493 e. The van der Waals surface area contributed by atoms with Crippen molar-refractivity contribution in [2.24, 2.45) is 4.99 Å². The van der Waals surface area contributed by atoms with E-state index in [0.717, 1.165) is 18.2 Å². The second-order valence-corrected chi connectivity index (χ2v) is 13.6. The summed E-state index contributed by atoms with van der Waals surface area (Å²) in [6, 6.07) is 7.52. The molecule has 43 heavy (non-hydrogen) atoms. The number of rotatable bonds is 13. The molecule has 0 radical (unpaired) electrons. The van der Waals surface area contributed by atoms with Crippen LogP contribution in [0.15, 0.2) is 41.4 Å². The van der Waals surface area contributed by atoms with Crippen LogP contribution in [0.25, 0.3) is 0 Å². The Balaban J connectivity index is 1.67. The topological polar surface area (TPSA) is 58.5 Å². The van der Waals surface area contributed by atoms with E-state index in [1.807, 2.05) is 41.5 Å². The highest BCUT2D eigenvalue weighted by Crippen LogP contribution is 2.48. The highest BCUT2D eigenvalue weighted by atomic mass is 31.2. The minimum absolute atomic E-state index is 0.0243. The molecule has 0 saturated carbocycles. The zero-order chi connectivity index (χ0) is 32.1. The Bertz CT molecular complexity index is 1240. The fourth-order valence-corrected chi connectivity index (χ4v) is 5.60. The molecule has 3 rings (SSSR count). The highest BCUT2D eigenvalue weighted by molar-refractivity contribution is 7.41. The molecular formula is C31H41F5NO5P. The van der Waals surface area contributed by atoms with E-state index in [-0.39, 0.29) is 32.0 Å². The van der Waals surface area contributed by atoms with Crippen molar-refractivity contribution in [2.75, 3.05) is 19.8 Å². The monoisotopic (exact) mass is 633 g/mol. The van der Waals surface area contributed by atoms with Gasteiger partial charge in [0.15, 0.2) is 17.5 Å². The Labute approximate surface area is 251 Å². The van der Waals surface area contributed by atoms with Crippen molar-refractivity contribution in [1.82, 2.24) is 0 Å². The van der Waals surface area contributed by atoms with Gasteiger partial charge < -0.3 is 23.0 Å². The van der Waals surface area contributed by atoms with Gasteiger partial charge in [0, 0.05) is 6.92 Å². The second kappa shape index (κ2) is 14.2. The molecule has 0 N–H and O–H groups in total. The summed E-state index contributed by atoms with van der Waals surface area (Å²) < 4.78 is 97.7. The van der Waals surface area contributed by atoms with Gasteiger partial charge in [0.1, 0.15) is 17.9 Å². The predicted octanol–water partition coefficient (Wildman–Crippen LogP) is 8.99. The Morgan fingerprint density at radius 1 is 0.884 bits per heavy atom. The van der Waals surface area contributed by atoms with E-state index < -0.39 is 48.7 Å². The molecule has 2 aromatic carbocycles. The van der Waals surface area contributed by atoms with E-state index in [9.17, 15) is 22.0 Å². The Kier molecular flexibility index (Phi) is 11.6. The number of benzene rings is 2. The van der Waals surface area contributed by atoms with Crippen molar-refractivity contribution in [2.45, 2.75) is 97.1 Å². The zero-order valence-electron chi connectivity index (χ0n) is 25.7. The molecule has 0 amide bonds. The molecule has 0 spiro atoms. The van der Waals surface area contributed by atoms with Gasteiger partial charge in [-0.05, 0) is 103 Å². The average Bonchev–Trinajstić information content (AvgIpc) is 3.25. The SMILES string of the molecule is CC1=NC(CCc2ccc(OCCCc3ccc(F)c(F)c3)c(C(F)(F)F)c2)(COP(OC(C)(C)C)OC(C)(C)C)CO1. The maximum absolute atomic E-state index is 14.0. The number of ether oxygens (including phenoxy) is 2. The molecule has 0 bridgehead atoms. The highest BCUT2D eigenvalue weighted by Gasteiger charge is 2.39. The standard InChI is InChI=1S/C31H41F5NO5P/c1-21-37-30(19-39-21,20-40-43(41-28(2,3)4)42-29(5,6)7)15-14-23-11-13-27(24(17-23)31(34,35)36)38-16-8-9-22-10-12-25(32)26(33)18-22/h10-13,17-18H,8-9,14-16,19-20H2,1-7H3. The second-order valence-electron chi connectivity index (χ2n) is 12.6. The Hall–Kier alpha value is -2.33. The van der Waals surface area contributed by atoms with Crippen LogP contribution >= 0.6 is 8.60 Å². The number of aliphatic imine (C=N–C) groups is 1. The molecule has 1 heterocycles. The fraction of sp³-hybridized carbons (Fsp3) is 0.581. The van der Waals surface area contributed by atoms with E-state index in [1.54, 1.807) is 13.0 Å². The van der Waals surface area contributed by atoms with Crippen LogP contribution < -0.4 is 4.74 Å². The van der Waals surface area contributed by atoms with Crippen molar-refractivity contribution in [1.29, 1.82) is 0 Å². The smallest absolute Gasteiger partial charge is 0.419 e. The molecule has 2 aromatic rings. The first kappa shape index (κ1) is 35.2. The van der Waals surface area contributed by atoms with Gasteiger partial charge in [-0.1, -0.05) is 12.1 Å². The van der Waals surface area contributed by atoms with Crippen LogP contribution in [-0.2, 0) is 37.3 Å². The molecule has 1 unspecified atom stereocenters. The van der Waals surface area contributed by atoms with Crippen LogP contribution in [0.3, 0.4) is 0 Å². The van der Waals surface area contributed by atoms with Crippen LogP contribution in [0.5, 0.6) is 5.75 Å². The van der Waals surface area contributed by atoms with Gasteiger partial charge >= 0.3 is 14.8 Å². The minimum atomic E-state index is -4.64. The van der Waals surface area contributed by atoms with Crippen LogP contribution in [0.4, 0.5) is 22.0 Å². The van der Waals surface area contributed by atoms with Crippen LogP contribution in [0.2, 0.25) is 0 Å². The molecule has 1 atom stereocenters. The molecule has 240 valence electrons. The van der Waals surface area contributed by atoms with Gasteiger partial charge in [-0.15, -0.1) is 0 Å². The van der Waals surface area contributed by atoms with Gasteiger partial charge in [-0.25, -0.2) is 13.8 Å². The molecule has 1 aliphatic heterocycles. The Morgan fingerprint density at radius 3 is 2.07 bits per heavy atom. The summed E-state index contributed by atoms with van der Waals surface area (Å²) in [6.07, 6.45) is -3.34. The third kappa shape index (κ3) is 11.6.